The second kappa shape index (κ2) is 5.65. The Morgan fingerprint density at radius 2 is 2.18 bits per heavy atom. The highest BCUT2D eigenvalue weighted by molar-refractivity contribution is 7.15. The fourth-order valence-electron chi connectivity index (χ4n) is 1.22. The van der Waals surface area contributed by atoms with Gasteiger partial charge in [0.2, 0.25) is 0 Å². The van der Waals surface area contributed by atoms with E-state index in [1.165, 1.54) is 17.6 Å². The molecule has 0 bridgehead atoms. The fourth-order valence-corrected chi connectivity index (χ4v) is 2.11. The first-order valence-electron chi connectivity index (χ1n) is 4.78. The zero-order chi connectivity index (χ0) is 12.1. The van der Waals surface area contributed by atoms with Crippen molar-refractivity contribution in [2.24, 2.45) is 5.16 Å². The van der Waals surface area contributed by atoms with E-state index in [0.717, 1.165) is 16.2 Å². The van der Waals surface area contributed by atoms with E-state index in [-0.39, 0.29) is 0 Å². The summed E-state index contributed by atoms with van der Waals surface area (Å²) in [5.74, 6) is 0.740. The molecule has 0 aliphatic heterocycles. The van der Waals surface area contributed by atoms with E-state index in [2.05, 4.69) is 10.1 Å². The lowest BCUT2D eigenvalue weighted by atomic mass is 10.2. The van der Waals surface area contributed by atoms with Crippen LogP contribution in [0.5, 0.6) is 5.75 Å². The van der Waals surface area contributed by atoms with Crippen molar-refractivity contribution >= 4 is 29.2 Å². The molecule has 0 fully saturated rings. The SMILES string of the molecule is ON=Cc1ccc(OCc2cnc(Cl)s2)cc1. The predicted molar refractivity (Wildman–Crippen MR) is 67.3 cm³/mol. The van der Waals surface area contributed by atoms with E-state index < -0.39 is 0 Å². The summed E-state index contributed by atoms with van der Waals surface area (Å²) in [7, 11) is 0. The highest BCUT2D eigenvalue weighted by atomic mass is 35.5. The van der Waals surface area contributed by atoms with Crippen molar-refractivity contribution in [2.75, 3.05) is 0 Å². The first-order valence-corrected chi connectivity index (χ1v) is 5.98. The number of thiazole rings is 1. The number of nitrogens with zero attached hydrogens (tertiary/aromatic N) is 2. The second-order valence-corrected chi connectivity index (χ2v) is 4.88. The monoisotopic (exact) mass is 268 g/mol. The molecule has 0 aliphatic carbocycles. The number of hydrogen-bond acceptors (Lipinski definition) is 5. The van der Waals surface area contributed by atoms with Crippen LogP contribution in [0.2, 0.25) is 4.47 Å². The molecule has 0 saturated carbocycles. The van der Waals surface area contributed by atoms with E-state index >= 15 is 0 Å². The van der Waals surface area contributed by atoms with Crippen molar-refractivity contribution < 1.29 is 9.94 Å². The molecule has 0 spiro atoms. The summed E-state index contributed by atoms with van der Waals surface area (Å²) in [6.45, 7) is 0.442. The van der Waals surface area contributed by atoms with Gasteiger partial charge in [-0.3, -0.25) is 0 Å². The number of hydrogen-bond donors (Lipinski definition) is 1. The van der Waals surface area contributed by atoms with Gasteiger partial charge in [0.25, 0.3) is 0 Å². The molecule has 0 saturated heterocycles. The summed E-state index contributed by atoms with van der Waals surface area (Å²) in [6.07, 6.45) is 3.05. The van der Waals surface area contributed by atoms with Crippen LogP contribution in [0, 0.1) is 0 Å². The number of oxime groups is 1. The van der Waals surface area contributed by atoms with Crippen LogP contribution in [0.15, 0.2) is 35.6 Å². The summed E-state index contributed by atoms with van der Waals surface area (Å²) in [5.41, 5.74) is 0.806. The van der Waals surface area contributed by atoms with Crippen molar-refractivity contribution in [2.45, 2.75) is 6.61 Å². The lowest BCUT2D eigenvalue weighted by molar-refractivity contribution is 0.309. The van der Waals surface area contributed by atoms with E-state index in [0.29, 0.717) is 11.1 Å². The molecule has 0 atom stereocenters. The Kier molecular flexibility index (Phi) is 3.95. The average Bonchev–Trinajstić information content (AvgIpc) is 2.75. The van der Waals surface area contributed by atoms with Gasteiger partial charge in [-0.05, 0) is 29.8 Å². The third-order valence-electron chi connectivity index (χ3n) is 1.99. The standard InChI is InChI=1S/C11H9ClN2O2S/c12-11-13-6-10(17-11)7-16-9-3-1-8(2-4-9)5-14-15/h1-6,15H,7H2. The van der Waals surface area contributed by atoms with Crippen LogP contribution >= 0.6 is 22.9 Å². The fraction of sp³-hybridized carbons (Fsp3) is 0.0909. The molecule has 0 radical (unpaired) electrons. The predicted octanol–water partition coefficient (Wildman–Crippen LogP) is 3.18. The Bertz CT molecular complexity index is 510. The summed E-state index contributed by atoms with van der Waals surface area (Å²) in [5, 5.41) is 11.3. The van der Waals surface area contributed by atoms with Gasteiger partial charge in [0.1, 0.15) is 12.4 Å². The van der Waals surface area contributed by atoms with Gasteiger partial charge < -0.3 is 9.94 Å². The molecule has 1 heterocycles. The summed E-state index contributed by atoms with van der Waals surface area (Å²) in [4.78, 5) is 4.89. The first kappa shape index (κ1) is 11.9. The molecule has 4 nitrogen and oxygen atoms in total. The molecule has 0 unspecified atom stereocenters. The zero-order valence-corrected chi connectivity index (χ0v) is 10.3. The van der Waals surface area contributed by atoms with Crippen molar-refractivity contribution in [3.63, 3.8) is 0 Å². The van der Waals surface area contributed by atoms with Gasteiger partial charge in [-0.2, -0.15) is 0 Å². The minimum atomic E-state index is 0.442. The molecule has 1 aromatic heterocycles. The lowest BCUT2D eigenvalue weighted by Gasteiger charge is -2.03. The van der Waals surface area contributed by atoms with Gasteiger partial charge in [0.15, 0.2) is 4.47 Å². The van der Waals surface area contributed by atoms with Crippen molar-refractivity contribution in [3.05, 3.63) is 45.4 Å². The third kappa shape index (κ3) is 3.44. The molecule has 1 N–H and O–H groups in total. The van der Waals surface area contributed by atoms with Crippen molar-refractivity contribution in [3.8, 4) is 5.75 Å². The first-order chi connectivity index (χ1) is 8.28. The summed E-state index contributed by atoms with van der Waals surface area (Å²) >= 11 is 7.10. The van der Waals surface area contributed by atoms with Crippen LogP contribution in [0.1, 0.15) is 10.4 Å². The van der Waals surface area contributed by atoms with Gasteiger partial charge in [0.05, 0.1) is 11.1 Å². The minimum Gasteiger partial charge on any atom is -0.488 e. The third-order valence-corrected chi connectivity index (χ3v) is 3.08. The van der Waals surface area contributed by atoms with Crippen molar-refractivity contribution in [1.82, 2.24) is 4.98 Å². The lowest BCUT2D eigenvalue weighted by Crippen LogP contribution is -1.93. The van der Waals surface area contributed by atoms with Crippen LogP contribution in [-0.4, -0.2) is 16.4 Å². The van der Waals surface area contributed by atoms with E-state index in [4.69, 9.17) is 21.5 Å². The average molecular weight is 269 g/mol. The number of halogens is 1. The van der Waals surface area contributed by atoms with Gasteiger partial charge in [-0.25, -0.2) is 4.98 Å². The van der Waals surface area contributed by atoms with Gasteiger partial charge in [-0.15, -0.1) is 11.3 Å². The summed E-state index contributed by atoms with van der Waals surface area (Å²) < 4.78 is 6.06. The van der Waals surface area contributed by atoms with E-state index in [9.17, 15) is 0 Å². The van der Waals surface area contributed by atoms with E-state index in [1.54, 1.807) is 30.5 Å². The highest BCUT2D eigenvalue weighted by Gasteiger charge is 2.00. The van der Waals surface area contributed by atoms with Crippen LogP contribution < -0.4 is 4.74 Å². The molecule has 17 heavy (non-hydrogen) atoms. The molecular formula is C11H9ClN2O2S. The normalized spacial score (nSPS) is 10.9. The van der Waals surface area contributed by atoms with E-state index in [1.807, 2.05) is 0 Å². The molecule has 6 heteroatoms. The smallest absolute Gasteiger partial charge is 0.183 e. The molecular weight excluding hydrogens is 260 g/mol. The maximum absolute atomic E-state index is 8.36. The van der Waals surface area contributed by atoms with Crippen LogP contribution in [-0.2, 0) is 6.61 Å². The van der Waals surface area contributed by atoms with Gasteiger partial charge in [-0.1, -0.05) is 16.8 Å². The van der Waals surface area contributed by atoms with Crippen LogP contribution in [0.25, 0.3) is 0 Å². The molecule has 0 amide bonds. The Hall–Kier alpha value is -1.59. The quantitative estimate of drug-likeness (QED) is 0.526. The molecule has 2 aromatic rings. The Morgan fingerprint density at radius 1 is 1.41 bits per heavy atom. The largest absolute Gasteiger partial charge is 0.488 e. The Labute approximate surface area is 107 Å². The number of ether oxygens (including phenoxy) is 1. The van der Waals surface area contributed by atoms with Gasteiger partial charge >= 0.3 is 0 Å². The topological polar surface area (TPSA) is 54.7 Å². The van der Waals surface area contributed by atoms with Crippen LogP contribution in [0.3, 0.4) is 0 Å². The maximum atomic E-state index is 8.36. The summed E-state index contributed by atoms with van der Waals surface area (Å²) in [6, 6.07) is 7.21. The van der Waals surface area contributed by atoms with Crippen LogP contribution in [0.4, 0.5) is 0 Å². The van der Waals surface area contributed by atoms with Crippen molar-refractivity contribution in [1.29, 1.82) is 0 Å². The van der Waals surface area contributed by atoms with Gasteiger partial charge in [0, 0.05) is 6.20 Å². The Morgan fingerprint density at radius 3 is 2.76 bits per heavy atom. The number of benzene rings is 1. The zero-order valence-electron chi connectivity index (χ0n) is 8.71. The highest BCUT2D eigenvalue weighted by Crippen LogP contribution is 2.20. The molecule has 88 valence electrons. The second-order valence-electron chi connectivity index (χ2n) is 3.18. The number of aromatic nitrogens is 1. The molecule has 0 aliphatic rings. The Balaban J connectivity index is 1.95. The molecule has 1 aromatic carbocycles. The maximum Gasteiger partial charge on any atom is 0.183 e. The molecule has 2 rings (SSSR count). The minimum absolute atomic E-state index is 0.442. The number of rotatable bonds is 4.